The molecule has 3 aromatic rings. The third-order valence-electron chi connectivity index (χ3n) is 2.88. The maximum Gasteiger partial charge on any atom is 0.271 e. The number of sulfonamides is 1. The van der Waals surface area contributed by atoms with Gasteiger partial charge in [0.15, 0.2) is 0 Å². The molecule has 4 nitrogen and oxygen atoms in total. The van der Waals surface area contributed by atoms with Crippen LogP contribution in [0.1, 0.15) is 5.01 Å². The quantitative estimate of drug-likeness (QED) is 0.728. The molecule has 0 fully saturated rings. The van der Waals surface area contributed by atoms with Crippen LogP contribution in [0.5, 0.6) is 0 Å². The molecule has 8 heteroatoms. The Morgan fingerprint density at radius 2 is 1.95 bits per heavy atom. The number of para-hydroxylation sites is 1. The molecule has 22 heavy (non-hydrogen) atoms. The highest BCUT2D eigenvalue weighted by molar-refractivity contribution is 7.94. The van der Waals surface area contributed by atoms with E-state index in [-0.39, 0.29) is 4.21 Å². The maximum absolute atomic E-state index is 12.4. The summed E-state index contributed by atoms with van der Waals surface area (Å²) >= 11 is 8.36. The Labute approximate surface area is 141 Å². The monoisotopic (exact) mass is 370 g/mol. The van der Waals surface area contributed by atoms with Crippen molar-refractivity contribution in [1.82, 2.24) is 4.98 Å². The number of thiazole rings is 1. The third-order valence-corrected chi connectivity index (χ3v) is 6.74. The van der Waals surface area contributed by atoms with E-state index in [9.17, 15) is 8.42 Å². The van der Waals surface area contributed by atoms with Gasteiger partial charge in [-0.2, -0.15) is 0 Å². The highest BCUT2D eigenvalue weighted by Gasteiger charge is 2.19. The van der Waals surface area contributed by atoms with Crippen molar-refractivity contribution < 1.29 is 8.42 Å². The summed E-state index contributed by atoms with van der Waals surface area (Å²) in [5.41, 5.74) is 2.00. The number of aromatic nitrogens is 1. The summed E-state index contributed by atoms with van der Waals surface area (Å²) in [5.74, 6) is 0. The summed E-state index contributed by atoms with van der Waals surface area (Å²) in [4.78, 5) is 4.41. The lowest BCUT2D eigenvalue weighted by Crippen LogP contribution is -2.12. The molecular formula is C14H11ClN2O2S3. The highest BCUT2D eigenvalue weighted by atomic mass is 35.5. The second-order valence-electron chi connectivity index (χ2n) is 4.46. The number of thiophene rings is 1. The molecular weight excluding hydrogens is 360 g/mol. The minimum absolute atomic E-state index is 0.182. The van der Waals surface area contributed by atoms with Crippen molar-refractivity contribution >= 4 is 50.0 Å². The van der Waals surface area contributed by atoms with Crippen LogP contribution in [0.25, 0.3) is 11.3 Å². The van der Waals surface area contributed by atoms with Crippen LogP contribution in [0.15, 0.2) is 46.0 Å². The molecule has 0 aliphatic heterocycles. The zero-order valence-corrected chi connectivity index (χ0v) is 14.6. The molecule has 3 rings (SSSR count). The first kappa shape index (κ1) is 15.5. The number of hydrogen-bond donors (Lipinski definition) is 1. The van der Waals surface area contributed by atoms with Crippen molar-refractivity contribution in [3.8, 4) is 11.3 Å². The van der Waals surface area contributed by atoms with Crippen molar-refractivity contribution in [2.24, 2.45) is 0 Å². The minimum Gasteiger partial charge on any atom is -0.278 e. The Kier molecular flexibility index (Phi) is 4.22. The van der Waals surface area contributed by atoms with Crippen LogP contribution in [0.3, 0.4) is 0 Å². The van der Waals surface area contributed by atoms with Crippen molar-refractivity contribution in [3.63, 3.8) is 0 Å². The van der Waals surface area contributed by atoms with Crippen LogP contribution < -0.4 is 4.72 Å². The first-order chi connectivity index (χ1) is 10.5. The number of hydrogen-bond acceptors (Lipinski definition) is 5. The van der Waals surface area contributed by atoms with Crippen molar-refractivity contribution in [1.29, 1.82) is 0 Å². The molecule has 0 spiro atoms. The summed E-state index contributed by atoms with van der Waals surface area (Å²) in [6.07, 6.45) is 0. The van der Waals surface area contributed by atoms with Gasteiger partial charge in [-0.15, -0.1) is 22.7 Å². The van der Waals surface area contributed by atoms with Crippen LogP contribution in [0.2, 0.25) is 4.34 Å². The van der Waals surface area contributed by atoms with Gasteiger partial charge < -0.3 is 0 Å². The average molecular weight is 371 g/mol. The van der Waals surface area contributed by atoms with E-state index in [0.29, 0.717) is 10.0 Å². The molecule has 0 saturated carbocycles. The van der Waals surface area contributed by atoms with Crippen LogP contribution in [0, 0.1) is 6.92 Å². The molecule has 0 aliphatic rings. The van der Waals surface area contributed by atoms with Crippen LogP contribution >= 0.6 is 34.3 Å². The number of aryl methyl sites for hydroxylation is 1. The third kappa shape index (κ3) is 3.17. The van der Waals surface area contributed by atoms with E-state index in [0.717, 1.165) is 27.6 Å². The largest absolute Gasteiger partial charge is 0.278 e. The number of nitrogens with one attached hydrogen (secondary N) is 1. The topological polar surface area (TPSA) is 59.1 Å². The number of benzene rings is 1. The van der Waals surface area contributed by atoms with Gasteiger partial charge in [-0.3, -0.25) is 4.72 Å². The van der Waals surface area contributed by atoms with Crippen LogP contribution in [-0.2, 0) is 10.0 Å². The number of nitrogens with zero attached hydrogens (tertiary/aromatic N) is 1. The summed E-state index contributed by atoms with van der Waals surface area (Å²) < 4.78 is 28.1. The molecule has 0 atom stereocenters. The fourth-order valence-corrected chi connectivity index (χ4v) is 5.10. The average Bonchev–Trinajstić information content (AvgIpc) is 3.08. The molecule has 0 aliphatic carbocycles. The number of rotatable bonds is 4. The Hall–Kier alpha value is -1.41. The van der Waals surface area contributed by atoms with Crippen LogP contribution in [-0.4, -0.2) is 13.4 Å². The summed E-state index contributed by atoms with van der Waals surface area (Å²) in [6.45, 7) is 1.91. The normalized spacial score (nSPS) is 11.5. The van der Waals surface area contributed by atoms with Gasteiger partial charge >= 0.3 is 0 Å². The molecule has 1 aromatic carbocycles. The SMILES string of the molecule is Cc1nc(-c2ccccc2NS(=O)(=O)c2ccc(Cl)s2)cs1. The molecule has 0 amide bonds. The first-order valence-corrected chi connectivity index (χ1v) is 9.81. The Bertz CT molecular complexity index is 916. The lowest BCUT2D eigenvalue weighted by atomic mass is 10.1. The van der Waals surface area contributed by atoms with E-state index in [2.05, 4.69) is 9.71 Å². The number of anilines is 1. The second-order valence-corrected chi connectivity index (χ2v) is 9.15. The fraction of sp³-hybridized carbons (Fsp3) is 0.0714. The van der Waals surface area contributed by atoms with Crippen molar-refractivity contribution in [2.45, 2.75) is 11.1 Å². The summed E-state index contributed by atoms with van der Waals surface area (Å²) in [6, 6.07) is 10.2. The molecule has 2 aromatic heterocycles. The van der Waals surface area contributed by atoms with Crippen molar-refractivity contribution in [2.75, 3.05) is 4.72 Å². The number of halogens is 1. The van der Waals surface area contributed by atoms with Gasteiger partial charge in [-0.05, 0) is 25.1 Å². The Morgan fingerprint density at radius 3 is 2.59 bits per heavy atom. The second kappa shape index (κ2) is 6.00. The van der Waals surface area contributed by atoms with Crippen molar-refractivity contribution in [3.05, 3.63) is 51.1 Å². The summed E-state index contributed by atoms with van der Waals surface area (Å²) in [5, 5.41) is 2.84. The first-order valence-electron chi connectivity index (χ1n) is 6.25. The van der Waals surface area contributed by atoms with E-state index in [1.54, 1.807) is 18.2 Å². The standard InChI is InChI=1S/C14H11ClN2O2S3/c1-9-16-12(8-20-9)10-4-2-3-5-11(10)17-22(18,19)14-7-6-13(15)21-14/h2-8,17H,1H3. The van der Waals surface area contributed by atoms with E-state index < -0.39 is 10.0 Å². The van der Waals surface area contributed by atoms with Gasteiger partial charge in [0.05, 0.1) is 20.7 Å². The highest BCUT2D eigenvalue weighted by Crippen LogP contribution is 2.32. The minimum atomic E-state index is -3.66. The van der Waals surface area contributed by atoms with Gasteiger partial charge in [0.2, 0.25) is 0 Å². The van der Waals surface area contributed by atoms with Crippen LogP contribution in [0.4, 0.5) is 5.69 Å². The predicted octanol–water partition coefficient (Wildman–Crippen LogP) is 4.63. The molecule has 2 heterocycles. The van der Waals surface area contributed by atoms with Gasteiger partial charge in [0, 0.05) is 10.9 Å². The van der Waals surface area contributed by atoms with E-state index >= 15 is 0 Å². The summed E-state index contributed by atoms with van der Waals surface area (Å²) in [7, 11) is -3.66. The van der Waals surface area contributed by atoms with Gasteiger partial charge in [-0.1, -0.05) is 29.8 Å². The fourth-order valence-electron chi connectivity index (χ4n) is 1.92. The molecule has 0 radical (unpaired) electrons. The van der Waals surface area contributed by atoms with E-state index in [4.69, 9.17) is 11.6 Å². The van der Waals surface area contributed by atoms with E-state index in [1.165, 1.54) is 17.4 Å². The molecule has 114 valence electrons. The molecule has 0 bridgehead atoms. The zero-order valence-electron chi connectivity index (χ0n) is 11.4. The Balaban J connectivity index is 2.00. The zero-order chi connectivity index (χ0) is 15.7. The molecule has 1 N–H and O–H groups in total. The maximum atomic E-state index is 12.4. The van der Waals surface area contributed by atoms with Gasteiger partial charge in [-0.25, -0.2) is 13.4 Å². The lowest BCUT2D eigenvalue weighted by Gasteiger charge is -2.10. The molecule has 0 saturated heterocycles. The lowest BCUT2D eigenvalue weighted by molar-refractivity contribution is 0.603. The smallest absolute Gasteiger partial charge is 0.271 e. The van der Waals surface area contributed by atoms with E-state index in [1.807, 2.05) is 24.4 Å². The molecule has 0 unspecified atom stereocenters. The van der Waals surface area contributed by atoms with Gasteiger partial charge in [0.1, 0.15) is 4.21 Å². The Morgan fingerprint density at radius 1 is 1.18 bits per heavy atom. The van der Waals surface area contributed by atoms with Gasteiger partial charge in [0.25, 0.3) is 10.0 Å². The predicted molar refractivity (Wildman–Crippen MR) is 92.4 cm³/mol.